The first-order chi connectivity index (χ1) is 12.9. The van der Waals surface area contributed by atoms with E-state index in [-0.39, 0.29) is 16.5 Å². The molecular weight excluding hydrogens is 390 g/mol. The normalized spacial score (nSPS) is 15.6. The van der Waals surface area contributed by atoms with Gasteiger partial charge in [-0.05, 0) is 30.7 Å². The third-order valence-electron chi connectivity index (χ3n) is 4.43. The number of aromatic amines is 1. The van der Waals surface area contributed by atoms with E-state index in [1.165, 1.54) is 16.6 Å². The van der Waals surface area contributed by atoms with Gasteiger partial charge in [-0.15, -0.1) is 0 Å². The molecule has 1 amide bonds. The molecule has 3 rings (SSSR count). The fourth-order valence-electron chi connectivity index (χ4n) is 2.94. The minimum Gasteiger partial charge on any atom is -0.379 e. The molecule has 9 heteroatoms. The third-order valence-corrected chi connectivity index (χ3v) is 6.54. The summed E-state index contributed by atoms with van der Waals surface area (Å²) in [6.45, 7) is 4.11. The van der Waals surface area contributed by atoms with Gasteiger partial charge in [0.2, 0.25) is 10.0 Å². The van der Waals surface area contributed by atoms with Gasteiger partial charge in [-0.25, -0.2) is 8.42 Å². The van der Waals surface area contributed by atoms with E-state index >= 15 is 0 Å². The highest BCUT2D eigenvalue weighted by Crippen LogP contribution is 2.20. The summed E-state index contributed by atoms with van der Waals surface area (Å²) in [7, 11) is -3.64. The molecule has 1 aliphatic heterocycles. The number of ether oxygens (including phenoxy) is 1. The Hall–Kier alpha value is -1.87. The summed E-state index contributed by atoms with van der Waals surface area (Å²) in [5.41, 5.74) is 1.15. The van der Waals surface area contributed by atoms with E-state index in [2.05, 4.69) is 4.98 Å². The van der Waals surface area contributed by atoms with E-state index in [0.717, 1.165) is 5.56 Å². The van der Waals surface area contributed by atoms with Crippen LogP contribution in [0.25, 0.3) is 0 Å². The van der Waals surface area contributed by atoms with Crippen molar-refractivity contribution in [1.29, 1.82) is 0 Å². The zero-order chi connectivity index (χ0) is 19.4. The quantitative estimate of drug-likeness (QED) is 0.790. The number of nitrogens with zero attached hydrogens (tertiary/aromatic N) is 2. The Bertz CT molecular complexity index is 907. The van der Waals surface area contributed by atoms with Crippen molar-refractivity contribution in [3.8, 4) is 0 Å². The van der Waals surface area contributed by atoms with Gasteiger partial charge < -0.3 is 14.6 Å². The molecule has 0 saturated carbocycles. The van der Waals surface area contributed by atoms with Gasteiger partial charge in [0.1, 0.15) is 10.6 Å². The molecule has 1 aromatic heterocycles. The Kier molecular flexibility index (Phi) is 6.21. The van der Waals surface area contributed by atoms with Gasteiger partial charge in [-0.1, -0.05) is 23.7 Å². The lowest BCUT2D eigenvalue weighted by atomic mass is 10.2. The third kappa shape index (κ3) is 4.52. The smallest absolute Gasteiger partial charge is 0.270 e. The standard InChI is InChI=1S/C18H22ClN3O4S/c1-2-21(13-14-4-3-5-15(19)10-14)18(23)17-11-16(12-20-17)27(24,25)22-6-8-26-9-7-22/h3-5,10-12,20H,2,6-9,13H2,1H3. The highest BCUT2D eigenvalue weighted by Gasteiger charge is 2.28. The molecule has 7 nitrogen and oxygen atoms in total. The lowest BCUT2D eigenvalue weighted by Crippen LogP contribution is -2.40. The average molecular weight is 412 g/mol. The number of hydrogen-bond donors (Lipinski definition) is 1. The van der Waals surface area contributed by atoms with Crippen LogP contribution in [0.15, 0.2) is 41.4 Å². The number of hydrogen-bond acceptors (Lipinski definition) is 4. The summed E-state index contributed by atoms with van der Waals surface area (Å²) in [5.74, 6) is -0.263. The first-order valence-corrected chi connectivity index (χ1v) is 10.5. The number of halogens is 1. The first-order valence-electron chi connectivity index (χ1n) is 8.72. The molecule has 2 heterocycles. The zero-order valence-electron chi connectivity index (χ0n) is 15.0. The number of nitrogens with one attached hydrogen (secondary N) is 1. The topological polar surface area (TPSA) is 82.7 Å². The molecule has 0 spiro atoms. The van der Waals surface area contributed by atoms with E-state index in [9.17, 15) is 13.2 Å². The van der Waals surface area contributed by atoms with Crippen molar-refractivity contribution in [3.05, 3.63) is 52.8 Å². The van der Waals surface area contributed by atoms with Crippen LogP contribution >= 0.6 is 11.6 Å². The molecule has 2 aromatic rings. The first kappa shape index (κ1) is 19.9. The number of carbonyl (C=O) groups is 1. The van der Waals surface area contributed by atoms with E-state index in [1.54, 1.807) is 17.0 Å². The molecule has 27 heavy (non-hydrogen) atoms. The highest BCUT2D eigenvalue weighted by atomic mass is 35.5. The molecule has 1 N–H and O–H groups in total. The van der Waals surface area contributed by atoms with Crippen molar-refractivity contribution in [1.82, 2.24) is 14.2 Å². The highest BCUT2D eigenvalue weighted by molar-refractivity contribution is 7.89. The summed E-state index contributed by atoms with van der Waals surface area (Å²) in [6.07, 6.45) is 1.37. The molecule has 146 valence electrons. The van der Waals surface area contributed by atoms with Crippen LogP contribution in [0.3, 0.4) is 0 Å². The Labute approximate surface area is 163 Å². The largest absolute Gasteiger partial charge is 0.379 e. The number of rotatable bonds is 6. The number of benzene rings is 1. The molecule has 1 aromatic carbocycles. The molecule has 1 fully saturated rings. The van der Waals surface area contributed by atoms with Gasteiger partial charge in [-0.3, -0.25) is 4.79 Å². The van der Waals surface area contributed by atoms with Gasteiger partial charge in [0, 0.05) is 37.4 Å². The number of aromatic nitrogens is 1. The monoisotopic (exact) mass is 411 g/mol. The van der Waals surface area contributed by atoms with Crippen molar-refractivity contribution in [2.24, 2.45) is 0 Å². The number of sulfonamides is 1. The van der Waals surface area contributed by atoms with Gasteiger partial charge >= 0.3 is 0 Å². The fourth-order valence-corrected chi connectivity index (χ4v) is 4.55. The van der Waals surface area contributed by atoms with Gasteiger partial charge in [0.15, 0.2) is 0 Å². The van der Waals surface area contributed by atoms with E-state index in [1.807, 2.05) is 19.1 Å². The molecule has 0 radical (unpaired) electrons. The van der Waals surface area contributed by atoms with Gasteiger partial charge in [-0.2, -0.15) is 4.31 Å². The van der Waals surface area contributed by atoms with Crippen molar-refractivity contribution in [2.45, 2.75) is 18.4 Å². The minimum absolute atomic E-state index is 0.0894. The van der Waals surface area contributed by atoms with Crippen molar-refractivity contribution in [2.75, 3.05) is 32.8 Å². The molecule has 1 saturated heterocycles. The number of morpholine rings is 1. The molecule has 0 aliphatic carbocycles. The van der Waals surface area contributed by atoms with E-state index in [4.69, 9.17) is 16.3 Å². The van der Waals surface area contributed by atoms with Crippen LogP contribution in [0.2, 0.25) is 5.02 Å². The summed E-state index contributed by atoms with van der Waals surface area (Å²) in [5, 5.41) is 0.606. The fraction of sp³-hybridized carbons (Fsp3) is 0.389. The van der Waals surface area contributed by atoms with Crippen LogP contribution in [0.1, 0.15) is 23.0 Å². The van der Waals surface area contributed by atoms with Crippen molar-refractivity contribution < 1.29 is 17.9 Å². The van der Waals surface area contributed by atoms with Crippen LogP contribution < -0.4 is 0 Å². The van der Waals surface area contributed by atoms with Crippen LogP contribution in [0.5, 0.6) is 0 Å². The number of amides is 1. The predicted octanol–water partition coefficient (Wildman–Crippen LogP) is 2.35. The van der Waals surface area contributed by atoms with Gasteiger partial charge in [0.25, 0.3) is 5.91 Å². The Morgan fingerprint density at radius 1 is 1.30 bits per heavy atom. The maximum absolute atomic E-state index is 12.8. The summed E-state index contributed by atoms with van der Waals surface area (Å²) >= 11 is 6.01. The maximum Gasteiger partial charge on any atom is 0.270 e. The molecule has 0 bridgehead atoms. The lowest BCUT2D eigenvalue weighted by molar-refractivity contribution is 0.0730. The summed E-state index contributed by atoms with van der Waals surface area (Å²) < 4.78 is 32.0. The Morgan fingerprint density at radius 2 is 2.04 bits per heavy atom. The van der Waals surface area contributed by atoms with Crippen molar-refractivity contribution in [3.63, 3.8) is 0 Å². The molecule has 1 aliphatic rings. The van der Waals surface area contributed by atoms with E-state index in [0.29, 0.717) is 44.4 Å². The van der Waals surface area contributed by atoms with Gasteiger partial charge in [0.05, 0.1) is 13.2 Å². The zero-order valence-corrected chi connectivity index (χ0v) is 16.6. The summed E-state index contributed by atoms with van der Waals surface area (Å²) in [4.78, 5) is 17.3. The second kappa shape index (κ2) is 8.43. The van der Waals surface area contributed by atoms with Crippen LogP contribution in [-0.2, 0) is 21.3 Å². The van der Waals surface area contributed by atoms with E-state index < -0.39 is 10.0 Å². The Morgan fingerprint density at radius 3 is 2.70 bits per heavy atom. The van der Waals surface area contributed by atoms with Crippen LogP contribution in [0.4, 0.5) is 0 Å². The lowest BCUT2D eigenvalue weighted by Gasteiger charge is -2.25. The molecule has 0 unspecified atom stereocenters. The van der Waals surface area contributed by atoms with Crippen molar-refractivity contribution >= 4 is 27.5 Å². The number of H-pyrrole nitrogens is 1. The Balaban J connectivity index is 1.76. The predicted molar refractivity (Wildman–Crippen MR) is 102 cm³/mol. The maximum atomic E-state index is 12.8. The summed E-state index contributed by atoms with van der Waals surface area (Å²) in [6, 6.07) is 8.70. The number of carbonyl (C=O) groups excluding carboxylic acids is 1. The molecular formula is C18H22ClN3O4S. The second-order valence-corrected chi connectivity index (χ2v) is 8.59. The van der Waals surface area contributed by atoms with Crippen LogP contribution in [-0.4, -0.2) is 61.4 Å². The van der Waals surface area contributed by atoms with Crippen LogP contribution in [0, 0.1) is 0 Å². The SMILES string of the molecule is CCN(Cc1cccc(Cl)c1)C(=O)c1cc(S(=O)(=O)N2CCOCC2)c[nH]1. The average Bonchev–Trinajstić information content (AvgIpc) is 3.17. The minimum atomic E-state index is -3.64. The second-order valence-electron chi connectivity index (χ2n) is 6.21. The molecule has 0 atom stereocenters.